The molecule has 0 unspecified atom stereocenters. The van der Waals surface area contributed by atoms with Crippen LogP contribution in [0.4, 0.5) is 5.69 Å². The van der Waals surface area contributed by atoms with Gasteiger partial charge in [-0.25, -0.2) is 4.79 Å². The average Bonchev–Trinajstić information content (AvgIpc) is 2.92. The Kier molecular flexibility index (Phi) is 8.99. The fourth-order valence-corrected chi connectivity index (χ4v) is 4.57. The Morgan fingerprint density at radius 1 is 0.846 bits per heavy atom. The molecule has 4 aromatic rings. The molecular weight excluding hydrogens is 516 g/mol. The van der Waals surface area contributed by atoms with E-state index >= 15 is 0 Å². The largest absolute Gasteiger partial charge is 0.352 e. The van der Waals surface area contributed by atoms with E-state index in [9.17, 15) is 19.2 Å². The number of para-hydroxylation sites is 1. The molecule has 2 amide bonds. The molecule has 0 aliphatic heterocycles. The third kappa shape index (κ3) is 6.83. The molecule has 0 radical (unpaired) electrons. The monoisotopic (exact) mass is 546 g/mol. The zero-order valence-electron chi connectivity index (χ0n) is 22.0. The van der Waals surface area contributed by atoms with E-state index in [2.05, 4.69) is 10.6 Å². The van der Waals surface area contributed by atoms with Gasteiger partial charge in [0.25, 0.3) is 5.56 Å². The predicted octanol–water partition coefficient (Wildman–Crippen LogP) is 4.56. The Labute approximate surface area is 231 Å². The summed E-state index contributed by atoms with van der Waals surface area (Å²) in [4.78, 5) is 51.6. The van der Waals surface area contributed by atoms with Gasteiger partial charge in [0.2, 0.25) is 11.8 Å². The number of hydrogen-bond acceptors (Lipinski definition) is 4. The van der Waals surface area contributed by atoms with Crippen LogP contribution in [-0.4, -0.2) is 20.9 Å². The molecule has 2 N–H and O–H groups in total. The van der Waals surface area contributed by atoms with Crippen molar-refractivity contribution in [3.63, 3.8) is 0 Å². The number of hydrogen-bond donors (Lipinski definition) is 2. The number of amides is 2. The van der Waals surface area contributed by atoms with Crippen LogP contribution in [0.3, 0.4) is 0 Å². The highest BCUT2D eigenvalue weighted by molar-refractivity contribution is 6.31. The minimum absolute atomic E-state index is 0.138. The van der Waals surface area contributed by atoms with Crippen molar-refractivity contribution < 1.29 is 9.59 Å². The summed E-state index contributed by atoms with van der Waals surface area (Å²) >= 11 is 6.13. The lowest BCUT2D eigenvalue weighted by Crippen LogP contribution is -2.41. The normalized spacial score (nSPS) is 10.9. The number of unbranched alkanes of at least 4 members (excludes halogenated alkanes) is 1. The second-order valence-corrected chi connectivity index (χ2v) is 9.92. The van der Waals surface area contributed by atoms with E-state index in [-0.39, 0.29) is 31.3 Å². The van der Waals surface area contributed by atoms with Crippen LogP contribution in [0.1, 0.15) is 36.0 Å². The Morgan fingerprint density at radius 3 is 2.36 bits per heavy atom. The molecule has 1 heterocycles. The van der Waals surface area contributed by atoms with Crippen LogP contribution in [0.2, 0.25) is 5.02 Å². The molecule has 8 nitrogen and oxygen atoms in total. The summed E-state index contributed by atoms with van der Waals surface area (Å²) in [7, 11) is 0. The van der Waals surface area contributed by atoms with Crippen molar-refractivity contribution in [2.75, 3.05) is 5.32 Å². The Balaban J connectivity index is 1.43. The molecule has 0 spiro atoms. The topological polar surface area (TPSA) is 102 Å². The quantitative estimate of drug-likeness (QED) is 0.285. The third-order valence-electron chi connectivity index (χ3n) is 6.69. The fourth-order valence-electron chi connectivity index (χ4n) is 4.36. The van der Waals surface area contributed by atoms with Crippen LogP contribution < -0.4 is 21.9 Å². The van der Waals surface area contributed by atoms with E-state index in [1.165, 1.54) is 4.57 Å². The Hall–Kier alpha value is -4.17. The van der Waals surface area contributed by atoms with E-state index in [1.54, 1.807) is 30.3 Å². The number of aryl methyl sites for hydroxylation is 2. The molecule has 0 saturated carbocycles. The van der Waals surface area contributed by atoms with E-state index < -0.39 is 11.2 Å². The number of benzene rings is 3. The van der Waals surface area contributed by atoms with Gasteiger partial charge >= 0.3 is 5.69 Å². The second kappa shape index (κ2) is 12.6. The lowest BCUT2D eigenvalue weighted by Gasteiger charge is -2.14. The summed E-state index contributed by atoms with van der Waals surface area (Å²) in [5.74, 6) is -0.507. The number of nitrogens with zero attached hydrogens (tertiary/aromatic N) is 2. The van der Waals surface area contributed by atoms with Gasteiger partial charge in [0.05, 0.1) is 10.9 Å². The number of anilines is 1. The second-order valence-electron chi connectivity index (χ2n) is 9.52. The smallest absolute Gasteiger partial charge is 0.331 e. The molecule has 4 rings (SSSR count). The molecule has 0 aliphatic rings. The van der Waals surface area contributed by atoms with Crippen LogP contribution in [0.15, 0.2) is 76.3 Å². The van der Waals surface area contributed by atoms with Gasteiger partial charge in [0.15, 0.2) is 0 Å². The SMILES string of the molecule is Cc1ccc(NC(=O)Cn2c(=O)n(CCCCC(=O)NCc3ccccc3Cl)c(=O)c3ccccc32)cc1C. The maximum atomic E-state index is 13.4. The van der Waals surface area contributed by atoms with Crippen LogP contribution >= 0.6 is 11.6 Å². The van der Waals surface area contributed by atoms with Crippen LogP contribution in [0.25, 0.3) is 10.9 Å². The van der Waals surface area contributed by atoms with Gasteiger partial charge in [-0.1, -0.05) is 48.0 Å². The van der Waals surface area contributed by atoms with Crippen molar-refractivity contribution in [2.45, 2.75) is 52.7 Å². The number of carbonyl (C=O) groups is 2. The third-order valence-corrected chi connectivity index (χ3v) is 7.06. The van der Waals surface area contributed by atoms with Gasteiger partial charge in [0.1, 0.15) is 6.54 Å². The average molecular weight is 547 g/mol. The minimum atomic E-state index is -0.558. The van der Waals surface area contributed by atoms with Crippen LogP contribution in [0.5, 0.6) is 0 Å². The molecule has 0 bridgehead atoms. The zero-order valence-corrected chi connectivity index (χ0v) is 22.8. The van der Waals surface area contributed by atoms with E-state index in [4.69, 9.17) is 11.6 Å². The van der Waals surface area contributed by atoms with Crippen molar-refractivity contribution in [3.05, 3.63) is 109 Å². The van der Waals surface area contributed by atoms with Crippen molar-refractivity contribution >= 4 is 40.0 Å². The van der Waals surface area contributed by atoms with Gasteiger partial charge in [0, 0.05) is 30.2 Å². The van der Waals surface area contributed by atoms with Gasteiger partial charge in [-0.05, 0) is 73.7 Å². The van der Waals surface area contributed by atoms with Gasteiger partial charge in [-0.2, -0.15) is 0 Å². The Bertz CT molecular complexity index is 1640. The standard InChI is InChI=1S/C30H31ClN4O4/c1-20-14-15-23(17-21(20)2)33-28(37)19-35-26-12-6-4-10-24(26)29(38)34(30(35)39)16-8-7-13-27(36)32-18-22-9-3-5-11-25(22)31/h3-6,9-12,14-15,17H,7-8,13,16,18-19H2,1-2H3,(H,32,36)(H,33,37). The number of fused-ring (bicyclic) bond motifs is 1. The molecule has 0 fully saturated rings. The van der Waals surface area contributed by atoms with Crippen molar-refractivity contribution in [1.82, 2.24) is 14.5 Å². The minimum Gasteiger partial charge on any atom is -0.352 e. The lowest BCUT2D eigenvalue weighted by atomic mass is 10.1. The molecule has 1 aromatic heterocycles. The molecule has 0 atom stereocenters. The summed E-state index contributed by atoms with van der Waals surface area (Å²) in [6.45, 7) is 4.18. The highest BCUT2D eigenvalue weighted by atomic mass is 35.5. The number of aromatic nitrogens is 2. The van der Waals surface area contributed by atoms with E-state index in [1.807, 2.05) is 50.2 Å². The molecule has 3 aromatic carbocycles. The van der Waals surface area contributed by atoms with Crippen molar-refractivity contribution in [3.8, 4) is 0 Å². The predicted molar refractivity (Wildman–Crippen MR) is 154 cm³/mol. The van der Waals surface area contributed by atoms with Crippen LogP contribution in [-0.2, 0) is 29.2 Å². The zero-order chi connectivity index (χ0) is 27.9. The first kappa shape index (κ1) is 27.9. The molecule has 39 heavy (non-hydrogen) atoms. The van der Waals surface area contributed by atoms with Crippen LogP contribution in [0, 0.1) is 13.8 Å². The number of rotatable bonds is 10. The number of nitrogens with one attached hydrogen (secondary N) is 2. The molecule has 202 valence electrons. The fraction of sp³-hybridized carbons (Fsp3) is 0.267. The highest BCUT2D eigenvalue weighted by Crippen LogP contribution is 2.16. The number of carbonyl (C=O) groups excluding carboxylic acids is 2. The maximum absolute atomic E-state index is 13.4. The molecule has 0 aliphatic carbocycles. The summed E-state index contributed by atoms with van der Waals surface area (Å²) in [6.07, 6.45) is 1.18. The number of halogens is 1. The first-order chi connectivity index (χ1) is 18.7. The molecule has 9 heteroatoms. The van der Waals surface area contributed by atoms with E-state index in [0.29, 0.717) is 41.0 Å². The van der Waals surface area contributed by atoms with Crippen molar-refractivity contribution in [1.29, 1.82) is 0 Å². The highest BCUT2D eigenvalue weighted by Gasteiger charge is 2.16. The summed E-state index contributed by atoms with van der Waals surface area (Å²) in [6, 6.07) is 19.7. The maximum Gasteiger partial charge on any atom is 0.331 e. The summed E-state index contributed by atoms with van der Waals surface area (Å²) < 4.78 is 2.47. The van der Waals surface area contributed by atoms with E-state index in [0.717, 1.165) is 21.3 Å². The first-order valence-corrected chi connectivity index (χ1v) is 13.2. The first-order valence-electron chi connectivity index (χ1n) is 12.8. The summed E-state index contributed by atoms with van der Waals surface area (Å²) in [5, 5.41) is 6.62. The lowest BCUT2D eigenvalue weighted by molar-refractivity contribution is -0.121. The van der Waals surface area contributed by atoms with Crippen molar-refractivity contribution in [2.24, 2.45) is 0 Å². The van der Waals surface area contributed by atoms with Gasteiger partial charge in [-0.3, -0.25) is 23.5 Å². The van der Waals surface area contributed by atoms with Gasteiger partial charge < -0.3 is 10.6 Å². The van der Waals surface area contributed by atoms with Gasteiger partial charge in [-0.15, -0.1) is 0 Å². The Morgan fingerprint density at radius 2 is 1.59 bits per heavy atom. The molecule has 0 saturated heterocycles. The molecular formula is C30H31ClN4O4. The summed E-state index contributed by atoms with van der Waals surface area (Å²) in [5.41, 5.74) is 3.06.